The summed E-state index contributed by atoms with van der Waals surface area (Å²) in [6.45, 7) is 1.60. The fourth-order valence-corrected chi connectivity index (χ4v) is 3.11. The van der Waals surface area contributed by atoms with Crippen LogP contribution in [-0.2, 0) is 9.59 Å². The lowest BCUT2D eigenvalue weighted by Crippen LogP contribution is -2.45. The van der Waals surface area contributed by atoms with Gasteiger partial charge in [0.2, 0.25) is 11.8 Å². The monoisotopic (exact) mass is 350 g/mol. The molecular weight excluding hydrogens is 332 g/mol. The molecule has 1 N–H and O–H groups in total. The van der Waals surface area contributed by atoms with Crippen LogP contribution < -0.4 is 5.32 Å². The van der Waals surface area contributed by atoms with Gasteiger partial charge in [0.1, 0.15) is 5.41 Å². The Labute approximate surface area is 133 Å². The van der Waals surface area contributed by atoms with Gasteiger partial charge in [-0.3, -0.25) is 9.59 Å². The van der Waals surface area contributed by atoms with Crippen molar-refractivity contribution in [1.82, 2.24) is 4.90 Å². The zero-order valence-electron chi connectivity index (χ0n) is 11.9. The molecule has 0 unspecified atom stereocenters. The third-order valence-corrected chi connectivity index (χ3v) is 4.87. The van der Waals surface area contributed by atoms with Gasteiger partial charge in [0, 0.05) is 23.2 Å². The summed E-state index contributed by atoms with van der Waals surface area (Å²) in [5.74, 6) is -0.128. The lowest BCUT2D eigenvalue weighted by molar-refractivity contribution is -0.143. The van der Waals surface area contributed by atoms with Gasteiger partial charge in [0.25, 0.3) is 0 Å². The highest BCUT2D eigenvalue weighted by Gasteiger charge is 2.58. The van der Waals surface area contributed by atoms with Crippen LogP contribution in [0, 0.1) is 5.41 Å². The van der Waals surface area contributed by atoms with Crippen molar-refractivity contribution in [1.29, 1.82) is 0 Å². The number of carbonyl (C=O) groups is 2. The van der Waals surface area contributed by atoms with E-state index in [-0.39, 0.29) is 11.8 Å². The van der Waals surface area contributed by atoms with Crippen LogP contribution in [0.4, 0.5) is 5.69 Å². The number of amides is 2. The molecule has 1 aromatic rings. The smallest absolute Gasteiger partial charge is 0.240 e. The Kier molecular flexibility index (Phi) is 4.02. The maximum atomic E-state index is 12.6. The van der Waals surface area contributed by atoms with Gasteiger partial charge in [-0.1, -0.05) is 15.9 Å². The second-order valence-electron chi connectivity index (χ2n) is 5.90. The van der Waals surface area contributed by atoms with E-state index in [1.165, 1.54) is 6.42 Å². The number of benzene rings is 1. The number of anilines is 1. The second-order valence-corrected chi connectivity index (χ2v) is 6.81. The van der Waals surface area contributed by atoms with E-state index < -0.39 is 5.41 Å². The van der Waals surface area contributed by atoms with Crippen molar-refractivity contribution in [3.8, 4) is 0 Å². The summed E-state index contributed by atoms with van der Waals surface area (Å²) >= 11 is 3.37. The molecule has 0 radical (unpaired) electrons. The van der Waals surface area contributed by atoms with Crippen molar-refractivity contribution in [3.63, 3.8) is 0 Å². The SMILES string of the molecule is O=C(Nc1ccc(Br)cc1)C1(C(=O)N2CCCCC2)CC1. The molecule has 2 amide bonds. The minimum Gasteiger partial charge on any atom is -0.342 e. The lowest BCUT2D eigenvalue weighted by Gasteiger charge is -2.30. The van der Waals surface area contributed by atoms with Gasteiger partial charge in [-0.05, 0) is 56.4 Å². The average molecular weight is 351 g/mol. The fraction of sp³-hybridized carbons (Fsp3) is 0.500. The maximum absolute atomic E-state index is 12.6. The Morgan fingerprint density at radius 2 is 1.67 bits per heavy atom. The zero-order chi connectivity index (χ0) is 14.9. The molecule has 1 aliphatic carbocycles. The van der Waals surface area contributed by atoms with Gasteiger partial charge < -0.3 is 10.2 Å². The Morgan fingerprint density at radius 1 is 1.05 bits per heavy atom. The first-order chi connectivity index (χ1) is 10.1. The van der Waals surface area contributed by atoms with Crippen LogP contribution in [0.15, 0.2) is 28.7 Å². The number of hydrogen-bond donors (Lipinski definition) is 1. The Morgan fingerprint density at radius 3 is 2.24 bits per heavy atom. The Hall–Kier alpha value is -1.36. The van der Waals surface area contributed by atoms with Crippen molar-refractivity contribution in [2.24, 2.45) is 5.41 Å². The van der Waals surface area contributed by atoms with Crippen molar-refractivity contribution in [3.05, 3.63) is 28.7 Å². The van der Waals surface area contributed by atoms with Crippen LogP contribution >= 0.6 is 15.9 Å². The van der Waals surface area contributed by atoms with Gasteiger partial charge in [-0.15, -0.1) is 0 Å². The molecule has 0 atom stereocenters. The van der Waals surface area contributed by atoms with Crippen molar-refractivity contribution in [2.75, 3.05) is 18.4 Å². The number of likely N-dealkylation sites (tertiary alicyclic amines) is 1. The van der Waals surface area contributed by atoms with Gasteiger partial charge in [0.05, 0.1) is 0 Å². The Bertz CT molecular complexity index is 546. The minimum absolute atomic E-state index is 0.0248. The van der Waals surface area contributed by atoms with Gasteiger partial charge in [0.15, 0.2) is 0 Å². The normalized spacial score (nSPS) is 20.0. The molecular formula is C16H19BrN2O2. The molecule has 1 heterocycles. The standard InChI is InChI=1S/C16H19BrN2O2/c17-12-4-6-13(7-5-12)18-14(20)16(8-9-16)15(21)19-10-2-1-3-11-19/h4-7H,1-3,8-11H2,(H,18,20). The molecule has 1 aromatic carbocycles. The number of nitrogens with one attached hydrogen (secondary N) is 1. The lowest BCUT2D eigenvalue weighted by atomic mass is 10.0. The molecule has 112 valence electrons. The minimum atomic E-state index is -0.801. The first-order valence-corrected chi connectivity index (χ1v) is 8.27. The third-order valence-electron chi connectivity index (χ3n) is 4.34. The van der Waals surface area contributed by atoms with Gasteiger partial charge in [-0.2, -0.15) is 0 Å². The van der Waals surface area contributed by atoms with E-state index >= 15 is 0 Å². The van der Waals surface area contributed by atoms with E-state index in [1.54, 1.807) is 0 Å². The summed E-state index contributed by atoms with van der Waals surface area (Å²) in [6, 6.07) is 7.43. The van der Waals surface area contributed by atoms with Crippen LogP contribution in [0.1, 0.15) is 32.1 Å². The highest BCUT2D eigenvalue weighted by Crippen LogP contribution is 2.48. The quantitative estimate of drug-likeness (QED) is 0.851. The van der Waals surface area contributed by atoms with E-state index in [1.807, 2.05) is 29.2 Å². The molecule has 0 spiro atoms. The molecule has 0 bridgehead atoms. The van der Waals surface area contributed by atoms with E-state index in [0.29, 0.717) is 12.8 Å². The highest BCUT2D eigenvalue weighted by atomic mass is 79.9. The van der Waals surface area contributed by atoms with Crippen molar-refractivity contribution in [2.45, 2.75) is 32.1 Å². The van der Waals surface area contributed by atoms with Crippen LogP contribution in [0.25, 0.3) is 0 Å². The molecule has 0 aromatic heterocycles. The topological polar surface area (TPSA) is 49.4 Å². The molecule has 21 heavy (non-hydrogen) atoms. The molecule has 2 fully saturated rings. The zero-order valence-corrected chi connectivity index (χ0v) is 13.5. The fourth-order valence-electron chi connectivity index (χ4n) is 2.85. The summed E-state index contributed by atoms with van der Waals surface area (Å²) in [4.78, 5) is 27.0. The molecule has 5 heteroatoms. The number of hydrogen-bond acceptors (Lipinski definition) is 2. The first kappa shape index (κ1) is 14.6. The van der Waals surface area contributed by atoms with Crippen molar-refractivity contribution < 1.29 is 9.59 Å². The summed E-state index contributed by atoms with van der Waals surface area (Å²) in [6.07, 6.45) is 4.63. The number of piperidine rings is 1. The maximum Gasteiger partial charge on any atom is 0.240 e. The summed E-state index contributed by atoms with van der Waals surface area (Å²) in [5.41, 5.74) is -0.0642. The molecule has 1 saturated heterocycles. The van der Waals surface area contributed by atoms with Gasteiger partial charge in [-0.25, -0.2) is 0 Å². The molecule has 3 rings (SSSR count). The Balaban J connectivity index is 1.68. The summed E-state index contributed by atoms with van der Waals surface area (Å²) in [7, 11) is 0. The summed E-state index contributed by atoms with van der Waals surface area (Å²) in [5, 5.41) is 2.88. The number of nitrogens with zero attached hydrogens (tertiary/aromatic N) is 1. The molecule has 4 nitrogen and oxygen atoms in total. The number of rotatable bonds is 3. The van der Waals surface area contributed by atoms with E-state index in [4.69, 9.17) is 0 Å². The first-order valence-electron chi connectivity index (χ1n) is 7.48. The molecule has 1 aliphatic heterocycles. The average Bonchev–Trinajstić information content (AvgIpc) is 3.31. The van der Waals surface area contributed by atoms with E-state index in [9.17, 15) is 9.59 Å². The molecule has 2 aliphatic rings. The van der Waals surface area contributed by atoms with Crippen LogP contribution in [0.5, 0.6) is 0 Å². The van der Waals surface area contributed by atoms with Crippen LogP contribution in [0.3, 0.4) is 0 Å². The largest absolute Gasteiger partial charge is 0.342 e. The third kappa shape index (κ3) is 2.98. The predicted molar refractivity (Wildman–Crippen MR) is 84.9 cm³/mol. The second kappa shape index (κ2) is 5.79. The molecule has 1 saturated carbocycles. The number of halogens is 1. The van der Waals surface area contributed by atoms with Crippen LogP contribution in [0.2, 0.25) is 0 Å². The van der Waals surface area contributed by atoms with E-state index in [0.717, 1.165) is 36.1 Å². The van der Waals surface area contributed by atoms with E-state index in [2.05, 4.69) is 21.2 Å². The number of carbonyl (C=O) groups excluding carboxylic acids is 2. The van der Waals surface area contributed by atoms with Crippen LogP contribution in [-0.4, -0.2) is 29.8 Å². The highest BCUT2D eigenvalue weighted by molar-refractivity contribution is 9.10. The summed E-state index contributed by atoms with van der Waals surface area (Å²) < 4.78 is 0.964. The van der Waals surface area contributed by atoms with Crippen molar-refractivity contribution >= 4 is 33.4 Å². The van der Waals surface area contributed by atoms with Gasteiger partial charge >= 0.3 is 0 Å². The predicted octanol–water partition coefficient (Wildman–Crippen LogP) is 3.18.